The van der Waals surface area contributed by atoms with Gasteiger partial charge in [-0.15, -0.1) is 0 Å². The maximum absolute atomic E-state index is 6.19. The Hall–Kier alpha value is -1.29. The van der Waals surface area contributed by atoms with Crippen LogP contribution in [0.4, 0.5) is 5.95 Å². The van der Waals surface area contributed by atoms with Gasteiger partial charge in [0.05, 0.1) is 0 Å². The highest BCUT2D eigenvalue weighted by molar-refractivity contribution is 6.34. The summed E-state index contributed by atoms with van der Waals surface area (Å²) in [4.78, 5) is 8.09. The smallest absolute Gasteiger partial charge is 0.221 e. The Morgan fingerprint density at radius 2 is 1.95 bits per heavy atom. The van der Waals surface area contributed by atoms with Crippen molar-refractivity contribution >= 4 is 46.3 Å². The van der Waals surface area contributed by atoms with Crippen molar-refractivity contribution in [2.45, 2.75) is 20.3 Å². The molecule has 0 fully saturated rings. The Balaban J connectivity index is 2.31. The van der Waals surface area contributed by atoms with Crippen LogP contribution in [0.2, 0.25) is 15.2 Å². The van der Waals surface area contributed by atoms with Crippen LogP contribution in [0.5, 0.6) is 0 Å². The van der Waals surface area contributed by atoms with Gasteiger partial charge in [0.1, 0.15) is 5.15 Å². The van der Waals surface area contributed by atoms with Gasteiger partial charge in [-0.2, -0.15) is 0 Å². The molecule has 0 aliphatic heterocycles. The van der Waals surface area contributed by atoms with Gasteiger partial charge in [0.25, 0.3) is 0 Å². The molecular weight excluding hydrogens is 329 g/mol. The number of anilines is 1. The van der Waals surface area contributed by atoms with Crippen LogP contribution in [0.25, 0.3) is 5.57 Å². The summed E-state index contributed by atoms with van der Waals surface area (Å²) in [7, 11) is 0. The van der Waals surface area contributed by atoms with Gasteiger partial charge >= 0.3 is 0 Å². The normalized spacial score (nSPS) is 11.8. The minimum absolute atomic E-state index is 0.180. The van der Waals surface area contributed by atoms with Crippen molar-refractivity contribution in [1.29, 1.82) is 0 Å². The minimum atomic E-state index is 0.180. The van der Waals surface area contributed by atoms with Gasteiger partial charge in [0.15, 0.2) is 0 Å². The summed E-state index contributed by atoms with van der Waals surface area (Å²) in [5.74, 6) is 0.180. The third kappa shape index (κ3) is 3.88. The Morgan fingerprint density at radius 3 is 2.62 bits per heavy atom. The number of aromatic nitrogens is 2. The number of nitrogen functional groups attached to an aromatic ring is 1. The second-order valence-electron chi connectivity index (χ2n) is 4.65. The van der Waals surface area contributed by atoms with Crippen LogP contribution in [0.1, 0.15) is 23.7 Å². The zero-order valence-corrected chi connectivity index (χ0v) is 13.9. The molecule has 0 unspecified atom stereocenters. The van der Waals surface area contributed by atoms with E-state index in [0.29, 0.717) is 21.6 Å². The van der Waals surface area contributed by atoms with Crippen LogP contribution < -0.4 is 5.73 Å². The van der Waals surface area contributed by atoms with Crippen molar-refractivity contribution in [3.05, 3.63) is 56.3 Å². The van der Waals surface area contributed by atoms with E-state index >= 15 is 0 Å². The molecule has 0 saturated carbocycles. The number of nitrogens with two attached hydrogens (primary N) is 1. The maximum atomic E-state index is 6.19. The summed E-state index contributed by atoms with van der Waals surface area (Å²) < 4.78 is 0. The van der Waals surface area contributed by atoms with Gasteiger partial charge in [-0.1, -0.05) is 40.9 Å². The number of allylic oxidation sites excluding steroid dienone is 2. The molecular formula is C15H14Cl3N3. The quantitative estimate of drug-likeness (QED) is 0.801. The standard InChI is InChI=1S/C15H14Cl3N3/c1-8(12-7-10(16)4-6-13(12)17)3-5-11-9(2)20-15(19)21-14(11)18/h3-4,6-7H,5H2,1-2H3,(H2,19,20,21)/b8-3-. The Labute approximate surface area is 138 Å². The summed E-state index contributed by atoms with van der Waals surface area (Å²) in [6, 6.07) is 5.38. The third-order valence-corrected chi connectivity index (χ3v) is 4.02. The van der Waals surface area contributed by atoms with E-state index in [1.807, 2.05) is 26.0 Å². The van der Waals surface area contributed by atoms with Gasteiger partial charge in [-0.05, 0) is 49.6 Å². The van der Waals surface area contributed by atoms with Crippen LogP contribution in [0.3, 0.4) is 0 Å². The highest BCUT2D eigenvalue weighted by atomic mass is 35.5. The first-order valence-corrected chi connectivity index (χ1v) is 7.42. The number of nitrogens with zero attached hydrogens (tertiary/aromatic N) is 2. The fourth-order valence-electron chi connectivity index (χ4n) is 1.98. The van der Waals surface area contributed by atoms with Crippen LogP contribution in [0.15, 0.2) is 24.3 Å². The van der Waals surface area contributed by atoms with E-state index in [-0.39, 0.29) is 5.95 Å². The molecule has 0 atom stereocenters. The largest absolute Gasteiger partial charge is 0.368 e. The molecule has 0 saturated heterocycles. The molecule has 1 aromatic heterocycles. The molecule has 2 rings (SSSR count). The summed E-state index contributed by atoms with van der Waals surface area (Å²) >= 11 is 18.3. The highest BCUT2D eigenvalue weighted by Crippen LogP contribution is 2.28. The molecule has 0 aliphatic rings. The Bertz CT molecular complexity index is 688. The number of aryl methyl sites for hydroxylation is 1. The molecule has 0 spiro atoms. The summed E-state index contributed by atoms with van der Waals surface area (Å²) in [5, 5.41) is 1.68. The van der Waals surface area contributed by atoms with Crippen molar-refractivity contribution in [3.63, 3.8) is 0 Å². The SMILES string of the molecule is C/C(=C/Cc1c(C)nc(N)nc1Cl)c1cc(Cl)ccc1Cl. The fourth-order valence-corrected chi connectivity index (χ4v) is 2.72. The first-order chi connectivity index (χ1) is 9.88. The van der Waals surface area contributed by atoms with Crippen LogP contribution >= 0.6 is 34.8 Å². The minimum Gasteiger partial charge on any atom is -0.368 e. The topological polar surface area (TPSA) is 51.8 Å². The van der Waals surface area contributed by atoms with Gasteiger partial charge < -0.3 is 5.73 Å². The number of rotatable bonds is 3. The predicted octanol–water partition coefficient (Wildman–Crippen LogP) is 4.97. The average Bonchev–Trinajstić information content (AvgIpc) is 2.40. The molecule has 6 heteroatoms. The highest BCUT2D eigenvalue weighted by Gasteiger charge is 2.09. The van der Waals surface area contributed by atoms with E-state index in [1.54, 1.807) is 12.1 Å². The van der Waals surface area contributed by atoms with Crippen LogP contribution in [-0.4, -0.2) is 9.97 Å². The van der Waals surface area contributed by atoms with E-state index < -0.39 is 0 Å². The summed E-state index contributed by atoms with van der Waals surface area (Å²) in [5.41, 5.74) is 9.09. The molecule has 110 valence electrons. The predicted molar refractivity (Wildman–Crippen MR) is 90.0 cm³/mol. The lowest BCUT2D eigenvalue weighted by atomic mass is 10.0. The first-order valence-electron chi connectivity index (χ1n) is 6.29. The van der Waals surface area contributed by atoms with Gasteiger partial charge in [0, 0.05) is 21.3 Å². The molecule has 0 amide bonds. The van der Waals surface area contributed by atoms with E-state index in [2.05, 4.69) is 9.97 Å². The molecule has 1 aromatic carbocycles. The molecule has 0 aliphatic carbocycles. The zero-order chi connectivity index (χ0) is 15.6. The lowest BCUT2D eigenvalue weighted by Crippen LogP contribution is -2.02. The third-order valence-electron chi connectivity index (χ3n) is 3.15. The van der Waals surface area contributed by atoms with Crippen molar-refractivity contribution in [2.75, 3.05) is 5.73 Å². The fraction of sp³-hybridized carbons (Fsp3) is 0.200. The molecule has 0 bridgehead atoms. The van der Waals surface area contributed by atoms with Gasteiger partial charge in [-0.3, -0.25) is 0 Å². The van der Waals surface area contributed by atoms with Gasteiger partial charge in [-0.25, -0.2) is 9.97 Å². The zero-order valence-electron chi connectivity index (χ0n) is 11.6. The van der Waals surface area contributed by atoms with E-state index in [4.69, 9.17) is 40.5 Å². The Morgan fingerprint density at radius 1 is 1.24 bits per heavy atom. The van der Waals surface area contributed by atoms with Crippen molar-refractivity contribution in [1.82, 2.24) is 9.97 Å². The monoisotopic (exact) mass is 341 g/mol. The lowest BCUT2D eigenvalue weighted by molar-refractivity contribution is 1.04. The first kappa shape index (κ1) is 16.1. The van der Waals surface area contributed by atoms with E-state index in [1.165, 1.54) is 0 Å². The molecule has 3 nitrogen and oxygen atoms in total. The maximum Gasteiger partial charge on any atom is 0.221 e. The molecule has 2 aromatic rings. The second-order valence-corrected chi connectivity index (χ2v) is 5.85. The van der Waals surface area contributed by atoms with Crippen LogP contribution in [-0.2, 0) is 6.42 Å². The van der Waals surface area contributed by atoms with Crippen molar-refractivity contribution < 1.29 is 0 Å². The molecule has 1 heterocycles. The van der Waals surface area contributed by atoms with Gasteiger partial charge in [0.2, 0.25) is 5.95 Å². The van der Waals surface area contributed by atoms with Crippen molar-refractivity contribution in [3.8, 4) is 0 Å². The average molecular weight is 343 g/mol. The number of benzene rings is 1. The van der Waals surface area contributed by atoms with Crippen LogP contribution in [0, 0.1) is 6.92 Å². The van der Waals surface area contributed by atoms with E-state index in [0.717, 1.165) is 22.4 Å². The number of hydrogen-bond donors (Lipinski definition) is 1. The second kappa shape index (κ2) is 6.65. The number of halogens is 3. The van der Waals surface area contributed by atoms with Crippen molar-refractivity contribution in [2.24, 2.45) is 0 Å². The summed E-state index contributed by atoms with van der Waals surface area (Å²) in [6.45, 7) is 3.83. The van der Waals surface area contributed by atoms with E-state index in [9.17, 15) is 0 Å². The lowest BCUT2D eigenvalue weighted by Gasteiger charge is -2.08. The number of hydrogen-bond acceptors (Lipinski definition) is 3. The Kier molecular flexibility index (Phi) is 5.09. The molecule has 21 heavy (non-hydrogen) atoms. The molecule has 2 N–H and O–H groups in total. The summed E-state index contributed by atoms with van der Waals surface area (Å²) in [6.07, 6.45) is 2.62. The molecule has 0 radical (unpaired) electrons.